The Bertz CT molecular complexity index is 374. The van der Waals surface area contributed by atoms with Gasteiger partial charge >= 0.3 is 0 Å². The van der Waals surface area contributed by atoms with Gasteiger partial charge < -0.3 is 5.32 Å². The Balaban J connectivity index is 4.18. The summed E-state index contributed by atoms with van der Waals surface area (Å²) in [5.74, 6) is 0.115. The molecule has 92 valence electrons. The van der Waals surface area contributed by atoms with Crippen molar-refractivity contribution in [2.45, 2.75) is 6.92 Å². The lowest BCUT2D eigenvalue weighted by Gasteiger charge is -2.11. The van der Waals surface area contributed by atoms with Crippen LogP contribution in [0.1, 0.15) is 6.92 Å². The zero-order valence-corrected chi connectivity index (χ0v) is 10.8. The van der Waals surface area contributed by atoms with Gasteiger partial charge in [0.2, 0.25) is 10.0 Å². The molecule has 0 aromatic heterocycles. The van der Waals surface area contributed by atoms with Crippen LogP contribution < -0.4 is 10.0 Å². The van der Waals surface area contributed by atoms with Crippen molar-refractivity contribution in [2.24, 2.45) is 5.92 Å². The molecule has 8 heteroatoms. The van der Waals surface area contributed by atoms with Crippen molar-refractivity contribution in [3.8, 4) is 0 Å². The van der Waals surface area contributed by atoms with Crippen molar-refractivity contribution >= 4 is 19.9 Å². The molecule has 6 nitrogen and oxygen atoms in total. The molecule has 0 bridgehead atoms. The van der Waals surface area contributed by atoms with Crippen molar-refractivity contribution in [3.63, 3.8) is 0 Å². The van der Waals surface area contributed by atoms with E-state index in [1.54, 1.807) is 7.05 Å². The number of nitrogens with one attached hydrogen (secondary N) is 2. The highest BCUT2D eigenvalue weighted by Gasteiger charge is 2.18. The first-order valence-corrected chi connectivity index (χ1v) is 8.17. The Morgan fingerprint density at radius 1 is 1.13 bits per heavy atom. The summed E-state index contributed by atoms with van der Waals surface area (Å²) < 4.78 is 46.3. The number of hydrogen-bond acceptors (Lipinski definition) is 5. The Kier molecular flexibility index (Phi) is 5.71. The summed E-state index contributed by atoms with van der Waals surface area (Å²) in [7, 11) is -5.46. The first-order chi connectivity index (χ1) is 6.66. The summed E-state index contributed by atoms with van der Waals surface area (Å²) in [6, 6.07) is 0. The van der Waals surface area contributed by atoms with Gasteiger partial charge in [-0.05, 0) is 19.5 Å². The number of sulfonamides is 1. The van der Waals surface area contributed by atoms with E-state index < -0.39 is 24.9 Å². The van der Waals surface area contributed by atoms with Crippen LogP contribution in [0.5, 0.6) is 0 Å². The molecule has 0 rings (SSSR count). The van der Waals surface area contributed by atoms with E-state index in [1.165, 1.54) is 0 Å². The predicted molar refractivity (Wildman–Crippen MR) is 59.7 cm³/mol. The van der Waals surface area contributed by atoms with Gasteiger partial charge in [0.25, 0.3) is 0 Å². The SMILES string of the molecule is CNCC(C)CNS(=O)(=O)CS(C)(=O)=O. The Morgan fingerprint density at radius 2 is 1.67 bits per heavy atom. The summed E-state index contributed by atoms with van der Waals surface area (Å²) in [6.07, 6.45) is 0.892. The zero-order valence-electron chi connectivity index (χ0n) is 9.15. The van der Waals surface area contributed by atoms with Crippen LogP contribution in [0.2, 0.25) is 0 Å². The molecule has 0 radical (unpaired) electrons. The maximum atomic E-state index is 11.2. The molecule has 15 heavy (non-hydrogen) atoms. The van der Waals surface area contributed by atoms with Crippen molar-refractivity contribution in [2.75, 3.05) is 31.5 Å². The second-order valence-electron chi connectivity index (χ2n) is 3.67. The van der Waals surface area contributed by atoms with Gasteiger partial charge in [-0.15, -0.1) is 0 Å². The van der Waals surface area contributed by atoms with Gasteiger partial charge in [0.15, 0.2) is 14.9 Å². The molecule has 0 aromatic carbocycles. The Labute approximate surface area is 91.4 Å². The highest BCUT2D eigenvalue weighted by atomic mass is 32.3. The highest BCUT2D eigenvalue weighted by Crippen LogP contribution is 1.95. The summed E-state index contributed by atoms with van der Waals surface area (Å²) in [5, 5.41) is 2.04. The van der Waals surface area contributed by atoms with E-state index >= 15 is 0 Å². The topological polar surface area (TPSA) is 92.3 Å². The summed E-state index contributed by atoms with van der Waals surface area (Å²) in [5.41, 5.74) is 0. The van der Waals surface area contributed by atoms with Crippen molar-refractivity contribution in [1.82, 2.24) is 10.0 Å². The summed E-state index contributed by atoms with van der Waals surface area (Å²) in [6.45, 7) is 2.76. The monoisotopic (exact) mass is 258 g/mol. The third-order valence-corrected chi connectivity index (χ3v) is 5.13. The van der Waals surface area contributed by atoms with Gasteiger partial charge in [0, 0.05) is 12.8 Å². The lowest BCUT2D eigenvalue weighted by Crippen LogP contribution is -2.35. The van der Waals surface area contributed by atoms with Crippen molar-refractivity contribution in [1.29, 1.82) is 0 Å². The molecule has 0 aromatic rings. The maximum Gasteiger partial charge on any atom is 0.226 e. The number of rotatable bonds is 7. The largest absolute Gasteiger partial charge is 0.319 e. The normalized spacial score (nSPS) is 15.1. The van der Waals surface area contributed by atoms with Gasteiger partial charge in [-0.25, -0.2) is 21.6 Å². The minimum Gasteiger partial charge on any atom is -0.319 e. The molecule has 0 amide bonds. The maximum absolute atomic E-state index is 11.2. The second kappa shape index (κ2) is 5.78. The van der Waals surface area contributed by atoms with Crippen molar-refractivity contribution in [3.05, 3.63) is 0 Å². The molecule has 1 atom stereocenters. The van der Waals surface area contributed by atoms with E-state index in [2.05, 4.69) is 10.0 Å². The third-order valence-electron chi connectivity index (χ3n) is 1.57. The Morgan fingerprint density at radius 3 is 2.07 bits per heavy atom. The molecule has 0 fully saturated rings. The van der Waals surface area contributed by atoms with Gasteiger partial charge in [-0.1, -0.05) is 6.92 Å². The molecule has 0 aliphatic rings. The molecule has 0 aliphatic heterocycles. The van der Waals surface area contributed by atoms with Crippen LogP contribution in [0.3, 0.4) is 0 Å². The summed E-state index contributed by atoms with van der Waals surface area (Å²) in [4.78, 5) is 0. The first-order valence-electron chi connectivity index (χ1n) is 4.46. The predicted octanol–water partition coefficient (Wildman–Crippen LogP) is -1.24. The Hall–Kier alpha value is -0.180. The summed E-state index contributed by atoms with van der Waals surface area (Å²) >= 11 is 0. The van der Waals surface area contributed by atoms with Crippen LogP contribution in [0.25, 0.3) is 0 Å². The van der Waals surface area contributed by atoms with Crippen molar-refractivity contribution < 1.29 is 16.8 Å². The molecule has 1 unspecified atom stereocenters. The number of sulfone groups is 1. The lowest BCUT2D eigenvalue weighted by atomic mass is 10.2. The van der Waals surface area contributed by atoms with E-state index in [0.29, 0.717) is 6.54 Å². The second-order valence-corrected chi connectivity index (χ2v) is 7.98. The standard InChI is InChI=1S/C7H18N2O4S2/c1-7(4-8-2)5-9-15(12,13)6-14(3,10)11/h7-9H,4-6H2,1-3H3. The van der Waals surface area contributed by atoms with Gasteiger partial charge in [0.1, 0.15) is 0 Å². The molecule has 0 aliphatic carbocycles. The molecule has 0 saturated carbocycles. The minimum atomic E-state index is -3.72. The van der Waals surface area contributed by atoms with Crippen LogP contribution in [-0.2, 0) is 19.9 Å². The van der Waals surface area contributed by atoms with Gasteiger partial charge in [-0.3, -0.25) is 0 Å². The third kappa shape index (κ3) is 8.79. The molecule has 0 spiro atoms. The van der Waals surface area contributed by atoms with E-state index in [-0.39, 0.29) is 12.5 Å². The zero-order chi connectivity index (χ0) is 12.1. The smallest absolute Gasteiger partial charge is 0.226 e. The van der Waals surface area contributed by atoms with E-state index in [4.69, 9.17) is 0 Å². The van der Waals surface area contributed by atoms with Crippen LogP contribution in [0, 0.1) is 5.92 Å². The fourth-order valence-corrected chi connectivity index (χ4v) is 4.14. The molecular formula is C7H18N2O4S2. The minimum absolute atomic E-state index is 0.115. The van der Waals surface area contributed by atoms with E-state index in [1.807, 2.05) is 6.92 Å². The molecule has 2 N–H and O–H groups in total. The molecule has 0 saturated heterocycles. The van der Waals surface area contributed by atoms with Crippen LogP contribution >= 0.6 is 0 Å². The fraction of sp³-hybridized carbons (Fsp3) is 1.00. The van der Waals surface area contributed by atoms with E-state index in [9.17, 15) is 16.8 Å². The van der Waals surface area contributed by atoms with Crippen LogP contribution in [0.4, 0.5) is 0 Å². The number of hydrogen-bond donors (Lipinski definition) is 2. The molecular weight excluding hydrogens is 240 g/mol. The first kappa shape index (κ1) is 14.8. The van der Waals surface area contributed by atoms with Gasteiger partial charge in [-0.2, -0.15) is 0 Å². The average molecular weight is 258 g/mol. The lowest BCUT2D eigenvalue weighted by molar-refractivity contribution is 0.520. The molecule has 0 heterocycles. The fourth-order valence-electron chi connectivity index (χ4n) is 1.01. The van der Waals surface area contributed by atoms with E-state index in [0.717, 1.165) is 6.26 Å². The quantitative estimate of drug-likeness (QED) is 0.596. The van der Waals surface area contributed by atoms with Crippen LogP contribution in [-0.4, -0.2) is 48.3 Å². The average Bonchev–Trinajstić information content (AvgIpc) is 1.97. The van der Waals surface area contributed by atoms with Gasteiger partial charge in [0.05, 0.1) is 0 Å². The highest BCUT2D eigenvalue weighted by molar-refractivity contribution is 8.06. The van der Waals surface area contributed by atoms with Crippen LogP contribution in [0.15, 0.2) is 0 Å².